The van der Waals surface area contributed by atoms with E-state index in [-0.39, 0.29) is 22.7 Å². The summed E-state index contributed by atoms with van der Waals surface area (Å²) in [4.78, 5) is 16.9. The van der Waals surface area contributed by atoms with E-state index in [1.165, 1.54) is 0 Å². The van der Waals surface area contributed by atoms with Crippen molar-refractivity contribution in [3.8, 4) is 0 Å². The largest absolute Gasteiger partial charge is 0.345 e. The summed E-state index contributed by atoms with van der Waals surface area (Å²) < 4.78 is 28.5. The highest BCUT2D eigenvalue weighted by molar-refractivity contribution is 7.89. The standard InChI is InChI=1S/C20H27N3O3S/c24-18(17-3-1-2-6-21-17)22-19-8-15-7-16(9-19)11-20(10-15,13-19)23-27(25,26)12-14-4-5-14/h1-3,6,14-16,23H,4-5,7-13H2,(H,22,24). The lowest BCUT2D eigenvalue weighted by molar-refractivity contribution is -0.0390. The fraction of sp³-hybridized carbons (Fsp3) is 0.700. The molecule has 7 heteroatoms. The minimum absolute atomic E-state index is 0.145. The van der Waals surface area contributed by atoms with E-state index in [1.807, 2.05) is 6.07 Å². The molecule has 1 heterocycles. The highest BCUT2D eigenvalue weighted by Gasteiger charge is 2.59. The van der Waals surface area contributed by atoms with Crippen molar-refractivity contribution in [3.63, 3.8) is 0 Å². The van der Waals surface area contributed by atoms with Gasteiger partial charge in [-0.05, 0) is 81.3 Å². The van der Waals surface area contributed by atoms with Crippen LogP contribution in [0.25, 0.3) is 0 Å². The molecule has 0 spiro atoms. The Balaban J connectivity index is 1.37. The van der Waals surface area contributed by atoms with E-state index >= 15 is 0 Å². The van der Waals surface area contributed by atoms with Gasteiger partial charge in [0.2, 0.25) is 10.0 Å². The van der Waals surface area contributed by atoms with Crippen molar-refractivity contribution in [2.24, 2.45) is 17.8 Å². The third kappa shape index (κ3) is 3.51. The molecule has 146 valence electrons. The molecule has 2 atom stereocenters. The van der Waals surface area contributed by atoms with Crippen LogP contribution in [0.4, 0.5) is 0 Å². The molecule has 6 rings (SSSR count). The minimum atomic E-state index is -3.26. The molecule has 0 saturated heterocycles. The van der Waals surface area contributed by atoms with Crippen LogP contribution in [0.3, 0.4) is 0 Å². The van der Waals surface area contributed by atoms with Crippen molar-refractivity contribution in [2.75, 3.05) is 5.75 Å². The number of amides is 1. The Morgan fingerprint density at radius 2 is 1.81 bits per heavy atom. The predicted molar refractivity (Wildman–Crippen MR) is 101 cm³/mol. The van der Waals surface area contributed by atoms with Crippen LogP contribution in [0, 0.1) is 17.8 Å². The summed E-state index contributed by atoms with van der Waals surface area (Å²) >= 11 is 0. The summed E-state index contributed by atoms with van der Waals surface area (Å²) in [5, 5.41) is 3.27. The second-order valence-electron chi connectivity index (χ2n) is 9.52. The van der Waals surface area contributed by atoms with Crippen LogP contribution < -0.4 is 10.0 Å². The molecule has 5 aliphatic rings. The molecule has 0 aliphatic heterocycles. The molecule has 0 radical (unpaired) electrons. The van der Waals surface area contributed by atoms with E-state index in [0.717, 1.165) is 44.9 Å². The van der Waals surface area contributed by atoms with Crippen molar-refractivity contribution in [3.05, 3.63) is 30.1 Å². The molecular formula is C20H27N3O3S. The summed E-state index contributed by atoms with van der Waals surface area (Å²) in [5.74, 6) is 1.43. The molecule has 2 N–H and O–H groups in total. The fourth-order valence-electron chi connectivity index (χ4n) is 6.30. The molecule has 27 heavy (non-hydrogen) atoms. The van der Waals surface area contributed by atoms with Crippen LogP contribution in [0.15, 0.2) is 24.4 Å². The van der Waals surface area contributed by atoms with E-state index in [4.69, 9.17) is 0 Å². The SMILES string of the molecule is O=C(NC12CC3CC(C1)CC(NS(=O)(=O)CC1CC1)(C3)C2)c1ccccn1. The Kier molecular flexibility index (Phi) is 3.92. The fourth-order valence-corrected chi connectivity index (χ4v) is 8.23. The Bertz CT molecular complexity index is 836. The van der Waals surface area contributed by atoms with Crippen molar-refractivity contribution in [1.29, 1.82) is 0 Å². The number of aromatic nitrogens is 1. The van der Waals surface area contributed by atoms with Crippen molar-refractivity contribution >= 4 is 15.9 Å². The first-order chi connectivity index (χ1) is 12.8. The number of rotatable bonds is 6. The molecule has 6 nitrogen and oxygen atoms in total. The third-order valence-electron chi connectivity index (χ3n) is 6.86. The first-order valence-electron chi connectivity index (χ1n) is 10.1. The molecule has 1 aromatic rings. The van der Waals surface area contributed by atoms with Crippen LogP contribution in [-0.4, -0.2) is 36.1 Å². The zero-order valence-electron chi connectivity index (χ0n) is 15.5. The smallest absolute Gasteiger partial charge is 0.270 e. The average Bonchev–Trinajstić information content (AvgIpc) is 3.36. The highest BCUT2D eigenvalue weighted by Crippen LogP contribution is 2.57. The van der Waals surface area contributed by atoms with Gasteiger partial charge in [-0.2, -0.15) is 0 Å². The number of carbonyl (C=O) groups is 1. The van der Waals surface area contributed by atoms with Gasteiger partial charge in [-0.25, -0.2) is 13.1 Å². The van der Waals surface area contributed by atoms with Crippen molar-refractivity contribution < 1.29 is 13.2 Å². The number of pyridine rings is 1. The molecule has 2 unspecified atom stereocenters. The maximum Gasteiger partial charge on any atom is 0.270 e. The molecule has 5 fully saturated rings. The van der Waals surface area contributed by atoms with E-state index in [0.29, 0.717) is 29.9 Å². The Labute approximate surface area is 160 Å². The number of nitrogens with zero attached hydrogens (tertiary/aromatic N) is 1. The Hall–Kier alpha value is -1.47. The molecule has 1 aromatic heterocycles. The van der Waals surface area contributed by atoms with Gasteiger partial charge in [0.1, 0.15) is 5.69 Å². The van der Waals surface area contributed by atoms with Gasteiger partial charge in [-0.3, -0.25) is 9.78 Å². The zero-order valence-corrected chi connectivity index (χ0v) is 16.3. The van der Waals surface area contributed by atoms with Crippen LogP contribution in [0.2, 0.25) is 0 Å². The lowest BCUT2D eigenvalue weighted by atomic mass is 9.50. The predicted octanol–water partition coefficient (Wildman–Crippen LogP) is 2.23. The number of hydrogen-bond donors (Lipinski definition) is 2. The summed E-state index contributed by atoms with van der Waals surface area (Å²) in [6, 6.07) is 5.34. The van der Waals surface area contributed by atoms with E-state index in [9.17, 15) is 13.2 Å². The number of sulfonamides is 1. The van der Waals surface area contributed by atoms with Gasteiger partial charge in [0, 0.05) is 17.3 Å². The molecule has 5 saturated carbocycles. The number of carbonyl (C=O) groups excluding carboxylic acids is 1. The van der Waals surface area contributed by atoms with Gasteiger partial charge in [0.05, 0.1) is 5.75 Å². The molecule has 1 amide bonds. The first kappa shape index (κ1) is 17.6. The summed E-state index contributed by atoms with van der Waals surface area (Å²) in [6.45, 7) is 0. The van der Waals surface area contributed by atoms with Gasteiger partial charge >= 0.3 is 0 Å². The van der Waals surface area contributed by atoms with Gasteiger partial charge < -0.3 is 5.32 Å². The molecule has 0 aromatic carbocycles. The summed E-state index contributed by atoms with van der Waals surface area (Å²) in [6.07, 6.45) is 9.28. The summed E-state index contributed by atoms with van der Waals surface area (Å²) in [5.41, 5.74) is -0.257. The van der Waals surface area contributed by atoms with Gasteiger partial charge in [0.25, 0.3) is 5.91 Å². The summed E-state index contributed by atoms with van der Waals surface area (Å²) in [7, 11) is -3.26. The Morgan fingerprint density at radius 1 is 1.11 bits per heavy atom. The third-order valence-corrected chi connectivity index (χ3v) is 8.52. The van der Waals surface area contributed by atoms with E-state index < -0.39 is 10.0 Å². The average molecular weight is 390 g/mol. The minimum Gasteiger partial charge on any atom is -0.345 e. The Morgan fingerprint density at radius 3 is 2.44 bits per heavy atom. The molecule has 4 bridgehead atoms. The lowest BCUT2D eigenvalue weighted by Gasteiger charge is -2.62. The van der Waals surface area contributed by atoms with Crippen LogP contribution in [-0.2, 0) is 10.0 Å². The highest BCUT2D eigenvalue weighted by atomic mass is 32.2. The quantitative estimate of drug-likeness (QED) is 0.781. The second kappa shape index (κ2) is 6.01. The van der Waals surface area contributed by atoms with Crippen molar-refractivity contribution in [1.82, 2.24) is 15.0 Å². The monoisotopic (exact) mass is 389 g/mol. The second-order valence-corrected chi connectivity index (χ2v) is 11.3. The van der Waals surface area contributed by atoms with Crippen LogP contribution in [0.5, 0.6) is 0 Å². The maximum absolute atomic E-state index is 12.8. The lowest BCUT2D eigenvalue weighted by Crippen LogP contribution is -2.70. The normalized spacial score (nSPS) is 37.3. The topological polar surface area (TPSA) is 88.2 Å². The van der Waals surface area contributed by atoms with E-state index in [1.54, 1.807) is 18.3 Å². The van der Waals surface area contributed by atoms with Crippen molar-refractivity contribution in [2.45, 2.75) is 62.4 Å². The first-order valence-corrected chi connectivity index (χ1v) is 11.7. The van der Waals surface area contributed by atoms with Crippen LogP contribution >= 0.6 is 0 Å². The van der Waals surface area contributed by atoms with E-state index in [2.05, 4.69) is 15.0 Å². The van der Waals surface area contributed by atoms with Gasteiger partial charge in [-0.15, -0.1) is 0 Å². The molecular weight excluding hydrogens is 362 g/mol. The molecule has 5 aliphatic carbocycles. The van der Waals surface area contributed by atoms with Crippen LogP contribution in [0.1, 0.15) is 61.9 Å². The zero-order chi connectivity index (χ0) is 18.7. The van der Waals surface area contributed by atoms with Gasteiger partial charge in [0.15, 0.2) is 0 Å². The number of nitrogens with one attached hydrogen (secondary N) is 2. The van der Waals surface area contributed by atoms with Gasteiger partial charge in [-0.1, -0.05) is 6.07 Å². The maximum atomic E-state index is 12.8. The number of hydrogen-bond acceptors (Lipinski definition) is 4.